The number of amides is 1. The molecule has 1 fully saturated rings. The van der Waals surface area contributed by atoms with Crippen molar-refractivity contribution in [2.75, 3.05) is 26.8 Å². The van der Waals surface area contributed by atoms with Crippen LogP contribution in [0.15, 0.2) is 30.0 Å². The van der Waals surface area contributed by atoms with Crippen molar-refractivity contribution in [3.63, 3.8) is 0 Å². The number of piperidine rings is 1. The van der Waals surface area contributed by atoms with Crippen molar-refractivity contribution >= 4 is 23.4 Å². The van der Waals surface area contributed by atoms with Gasteiger partial charge in [-0.3, -0.25) is 10.1 Å². The van der Waals surface area contributed by atoms with Crippen LogP contribution in [0.1, 0.15) is 63.0 Å². The van der Waals surface area contributed by atoms with Gasteiger partial charge >= 0.3 is 5.97 Å². The lowest BCUT2D eigenvalue weighted by Gasteiger charge is -2.31. The highest BCUT2D eigenvalue weighted by atomic mass is 19.1. The zero-order valence-corrected chi connectivity index (χ0v) is 21.2. The van der Waals surface area contributed by atoms with E-state index in [2.05, 4.69) is 4.98 Å². The third-order valence-electron chi connectivity index (χ3n) is 6.45. The fourth-order valence-electron chi connectivity index (χ4n) is 4.14. The first-order chi connectivity index (χ1) is 16.5. The highest BCUT2D eigenvalue weighted by molar-refractivity contribution is 6.05. The molecule has 0 spiro atoms. The van der Waals surface area contributed by atoms with Crippen molar-refractivity contribution in [1.29, 1.82) is 5.41 Å². The number of carbonyl (C=O) groups excluding carboxylic acids is 2. The Morgan fingerprint density at radius 3 is 2.57 bits per heavy atom. The van der Waals surface area contributed by atoms with Crippen molar-refractivity contribution in [2.24, 2.45) is 11.8 Å². The molecule has 3 N–H and O–H groups in total. The van der Waals surface area contributed by atoms with E-state index < -0.39 is 11.6 Å². The third-order valence-corrected chi connectivity index (χ3v) is 6.45. The minimum absolute atomic E-state index is 0.0770. The molecule has 190 valence electrons. The lowest BCUT2D eigenvalue weighted by atomic mass is 9.96. The molecular formula is C26H36FN4O4+. The summed E-state index contributed by atoms with van der Waals surface area (Å²) >= 11 is 0. The van der Waals surface area contributed by atoms with E-state index >= 15 is 0 Å². The molecule has 1 aliphatic heterocycles. The van der Waals surface area contributed by atoms with Gasteiger partial charge in [0.2, 0.25) is 11.7 Å². The number of rotatable bonds is 8. The Labute approximate surface area is 206 Å². The number of hydrogen-bond donors (Lipinski definition) is 2. The monoisotopic (exact) mass is 487 g/mol. The third kappa shape index (κ3) is 6.75. The Balaban J connectivity index is 1.93. The molecule has 1 aromatic rings. The van der Waals surface area contributed by atoms with E-state index in [1.54, 1.807) is 24.4 Å². The fourth-order valence-corrected chi connectivity index (χ4v) is 4.14. The second-order valence-corrected chi connectivity index (χ2v) is 9.75. The Morgan fingerprint density at radius 1 is 1.34 bits per heavy atom. The molecule has 0 radical (unpaired) electrons. The molecule has 3 rings (SSSR count). The predicted molar refractivity (Wildman–Crippen MR) is 131 cm³/mol. The number of ether oxygens (including phenoxy) is 2. The van der Waals surface area contributed by atoms with Crippen LogP contribution in [0.4, 0.5) is 10.2 Å². The smallest absolute Gasteiger partial charge is 0.357 e. The quantitative estimate of drug-likeness (QED) is 0.432. The predicted octanol–water partition coefficient (Wildman–Crippen LogP) is 3.30. The van der Waals surface area contributed by atoms with E-state index in [4.69, 9.17) is 14.9 Å². The van der Waals surface area contributed by atoms with E-state index in [0.29, 0.717) is 42.5 Å². The highest BCUT2D eigenvalue weighted by Gasteiger charge is 2.29. The number of methoxy groups -OCH3 is 1. The molecule has 0 bridgehead atoms. The molecule has 2 aliphatic rings. The maximum absolute atomic E-state index is 14.2. The molecule has 35 heavy (non-hydrogen) atoms. The summed E-state index contributed by atoms with van der Waals surface area (Å²) in [5.41, 5.74) is 0.262. The number of carbonyl (C=O) groups is 2. The molecule has 1 aliphatic carbocycles. The number of pyridine rings is 1. The van der Waals surface area contributed by atoms with Gasteiger partial charge in [-0.25, -0.2) is 9.18 Å². The van der Waals surface area contributed by atoms with Gasteiger partial charge in [-0.2, -0.15) is 4.98 Å². The largest absolute Gasteiger partial charge is 0.492 e. The number of alkyl halides is 1. The topological polar surface area (TPSA) is 109 Å². The first kappa shape index (κ1) is 26.5. The molecule has 1 amide bonds. The molecule has 1 saturated heterocycles. The number of allylic oxidation sites excluding steroid dienone is 3. The molecule has 8 nitrogen and oxygen atoms in total. The fraction of sp³-hybridized carbons (Fsp3) is 0.538. The summed E-state index contributed by atoms with van der Waals surface area (Å²) in [6, 6.07) is 1.53. The van der Waals surface area contributed by atoms with Crippen LogP contribution in [0.3, 0.4) is 0 Å². The Kier molecular flexibility index (Phi) is 8.43. The summed E-state index contributed by atoms with van der Waals surface area (Å²) in [4.78, 5) is 30.3. The van der Waals surface area contributed by atoms with Crippen LogP contribution < -0.4 is 10.1 Å². The molecule has 1 atom stereocenters. The van der Waals surface area contributed by atoms with Crippen LogP contribution in [-0.4, -0.2) is 59.9 Å². The second-order valence-electron chi connectivity index (χ2n) is 9.75. The van der Waals surface area contributed by atoms with Gasteiger partial charge in [0.1, 0.15) is 22.7 Å². The molecular weight excluding hydrogens is 451 g/mol. The second kappa shape index (κ2) is 11.1. The minimum Gasteiger partial charge on any atom is -0.492 e. The minimum atomic E-state index is -1.40. The Morgan fingerprint density at radius 2 is 2.03 bits per heavy atom. The van der Waals surface area contributed by atoms with Gasteiger partial charge in [0.05, 0.1) is 19.4 Å². The Bertz CT molecular complexity index is 1040. The summed E-state index contributed by atoms with van der Waals surface area (Å²) in [6.07, 6.45) is 6.83. The van der Waals surface area contributed by atoms with Crippen molar-refractivity contribution < 1.29 is 28.8 Å². The summed E-state index contributed by atoms with van der Waals surface area (Å²) in [7, 11) is 1.29. The standard InChI is InChI=1S/C26H35FN4O4/c1-16(2)23(28)22-21(35-15-18-8-12-31(13-9-18)17(3)32)14-20(25(33)34-5)30-24(22)29-19-6-10-26(4,27)11-7-19/h6-7,10,14,16,18,28H,8-9,11-13,15H2,1-5H3,(H,29,30)/p+1. The maximum atomic E-state index is 14.2. The molecule has 1 unspecified atom stereocenters. The molecule has 1 aromatic heterocycles. The summed E-state index contributed by atoms with van der Waals surface area (Å²) in [6.45, 7) is 8.70. The number of nitrogens with zero attached hydrogens (tertiary/aromatic N) is 2. The van der Waals surface area contributed by atoms with Gasteiger partial charge in [0, 0.05) is 32.5 Å². The van der Waals surface area contributed by atoms with Crippen LogP contribution in [0.2, 0.25) is 0 Å². The average Bonchev–Trinajstić information content (AvgIpc) is 2.83. The van der Waals surface area contributed by atoms with E-state index in [9.17, 15) is 14.0 Å². The molecule has 0 saturated carbocycles. The number of hydrogen-bond acceptors (Lipinski definition) is 6. The summed E-state index contributed by atoms with van der Waals surface area (Å²) < 4.78 is 25.4. The number of halogens is 1. The number of nitrogens with two attached hydrogens (primary N) is 1. The maximum Gasteiger partial charge on any atom is 0.357 e. The first-order valence-electron chi connectivity index (χ1n) is 12.0. The lowest BCUT2D eigenvalue weighted by molar-refractivity contribution is -0.517. The average molecular weight is 488 g/mol. The number of aromatic nitrogens is 1. The van der Waals surface area contributed by atoms with E-state index in [-0.39, 0.29) is 29.9 Å². The van der Waals surface area contributed by atoms with Crippen molar-refractivity contribution in [2.45, 2.75) is 52.6 Å². The van der Waals surface area contributed by atoms with Gasteiger partial charge in [-0.1, -0.05) is 13.8 Å². The molecule has 9 heteroatoms. The number of likely N-dealkylation sites (tertiary alicyclic amines) is 1. The normalized spacial score (nSPS) is 20.5. The van der Waals surface area contributed by atoms with Crippen LogP contribution in [0, 0.1) is 17.2 Å². The van der Waals surface area contributed by atoms with Crippen LogP contribution in [-0.2, 0) is 9.53 Å². The van der Waals surface area contributed by atoms with Gasteiger partial charge in [-0.15, -0.1) is 0 Å². The van der Waals surface area contributed by atoms with Gasteiger partial charge in [-0.05, 0) is 49.8 Å². The summed E-state index contributed by atoms with van der Waals surface area (Å²) in [5, 5.41) is 10.5. The van der Waals surface area contributed by atoms with E-state index in [1.807, 2.05) is 18.7 Å². The SMILES string of the molecule is COC(=O)c1cc(OCC2CCN(C(C)=O)CC2)c(C(=N)C(C)C)c([NH2+]C2=CCC(C)(F)C=C2)n1. The van der Waals surface area contributed by atoms with Gasteiger partial charge in [0.25, 0.3) is 0 Å². The van der Waals surface area contributed by atoms with E-state index in [0.717, 1.165) is 18.5 Å². The van der Waals surface area contributed by atoms with Crippen LogP contribution in [0.25, 0.3) is 0 Å². The Hall–Kier alpha value is -3.07. The van der Waals surface area contributed by atoms with Crippen LogP contribution in [0.5, 0.6) is 5.75 Å². The number of esters is 1. The van der Waals surface area contributed by atoms with Crippen molar-refractivity contribution in [3.8, 4) is 5.75 Å². The van der Waals surface area contributed by atoms with Crippen molar-refractivity contribution in [1.82, 2.24) is 9.88 Å². The van der Waals surface area contributed by atoms with Gasteiger partial charge in [0.15, 0.2) is 5.69 Å². The van der Waals surface area contributed by atoms with E-state index in [1.165, 1.54) is 26.2 Å². The molecule has 0 aromatic carbocycles. The van der Waals surface area contributed by atoms with Crippen molar-refractivity contribution in [3.05, 3.63) is 41.2 Å². The zero-order chi connectivity index (χ0) is 25.8. The molecule has 2 heterocycles. The highest BCUT2D eigenvalue weighted by Crippen LogP contribution is 2.30. The van der Waals surface area contributed by atoms with Crippen LogP contribution >= 0.6 is 0 Å². The number of nitrogens with one attached hydrogen (secondary N) is 1. The summed E-state index contributed by atoms with van der Waals surface area (Å²) in [5.74, 6) is 0.417. The van der Waals surface area contributed by atoms with Gasteiger partial charge < -0.3 is 19.8 Å². The zero-order valence-electron chi connectivity index (χ0n) is 21.2. The number of quaternary nitrogens is 1. The lowest BCUT2D eigenvalue weighted by Crippen LogP contribution is -2.76. The first-order valence-corrected chi connectivity index (χ1v) is 12.0.